The van der Waals surface area contributed by atoms with Crippen molar-refractivity contribution in [2.75, 3.05) is 20.2 Å². The van der Waals surface area contributed by atoms with E-state index in [0.717, 1.165) is 11.3 Å². The van der Waals surface area contributed by atoms with Crippen LogP contribution in [-0.4, -0.2) is 53.1 Å². The molecule has 7 heteroatoms. The number of carbonyl (C=O) groups excluding carboxylic acids is 2. The van der Waals surface area contributed by atoms with E-state index in [0.29, 0.717) is 18.7 Å². The van der Waals surface area contributed by atoms with Crippen LogP contribution in [-0.2, 0) is 4.79 Å². The molecular weight excluding hydrogens is 403 g/mol. The predicted octanol–water partition coefficient (Wildman–Crippen LogP) is 4.35. The van der Waals surface area contributed by atoms with Crippen LogP contribution in [0, 0.1) is 5.82 Å². The maximum Gasteiger partial charge on any atom is 0.254 e. The summed E-state index contributed by atoms with van der Waals surface area (Å²) in [6.07, 6.45) is 0. The number of benzene rings is 2. The lowest BCUT2D eigenvalue weighted by Gasteiger charge is -2.31. The lowest BCUT2D eigenvalue weighted by Crippen LogP contribution is -2.43. The number of carbonyl (C=O) groups is 2. The molecule has 1 saturated heterocycles. The van der Waals surface area contributed by atoms with Crippen LogP contribution in [0.1, 0.15) is 42.1 Å². The molecule has 1 aliphatic rings. The van der Waals surface area contributed by atoms with E-state index < -0.39 is 5.82 Å². The maximum absolute atomic E-state index is 13.6. The molecule has 3 rings (SSSR count). The number of para-hydroxylation sites is 1. The van der Waals surface area contributed by atoms with E-state index in [1.807, 2.05) is 45.0 Å². The van der Waals surface area contributed by atoms with Gasteiger partial charge >= 0.3 is 0 Å². The fourth-order valence-corrected chi connectivity index (χ4v) is 4.95. The number of hydrogen-bond acceptors (Lipinski definition) is 4. The molecular formula is C23H27FN2O3S. The first-order valence-corrected chi connectivity index (χ1v) is 10.9. The second kappa shape index (κ2) is 9.51. The fourth-order valence-electron chi connectivity index (χ4n) is 3.61. The Kier molecular flexibility index (Phi) is 7.02. The van der Waals surface area contributed by atoms with Crippen LogP contribution >= 0.6 is 11.8 Å². The first-order chi connectivity index (χ1) is 14.3. The fraction of sp³-hybridized carbons (Fsp3) is 0.391. The minimum atomic E-state index is -0.444. The molecule has 0 radical (unpaired) electrons. The number of ether oxygens (including phenoxy) is 1. The number of amides is 2. The van der Waals surface area contributed by atoms with Gasteiger partial charge in [0, 0.05) is 30.3 Å². The molecule has 2 aromatic rings. The Labute approximate surface area is 181 Å². The molecule has 5 nitrogen and oxygen atoms in total. The summed E-state index contributed by atoms with van der Waals surface area (Å²) in [7, 11) is 1.62. The molecule has 0 saturated carbocycles. The van der Waals surface area contributed by atoms with Gasteiger partial charge in [0.05, 0.1) is 12.4 Å². The van der Waals surface area contributed by atoms with Crippen molar-refractivity contribution in [3.8, 4) is 5.75 Å². The van der Waals surface area contributed by atoms with Crippen LogP contribution in [0.15, 0.2) is 48.5 Å². The first-order valence-electron chi connectivity index (χ1n) is 9.99. The second-order valence-corrected chi connectivity index (χ2v) is 8.93. The zero-order valence-electron chi connectivity index (χ0n) is 17.7. The number of thioether (sulfide) groups is 1. The average molecular weight is 431 g/mol. The lowest BCUT2D eigenvalue weighted by molar-refractivity contribution is -0.130. The molecule has 2 atom stereocenters. The Morgan fingerprint density at radius 1 is 1.23 bits per heavy atom. The van der Waals surface area contributed by atoms with Gasteiger partial charge in [0.15, 0.2) is 0 Å². The van der Waals surface area contributed by atoms with Crippen molar-refractivity contribution in [3.63, 3.8) is 0 Å². The van der Waals surface area contributed by atoms with Crippen molar-refractivity contribution in [1.29, 1.82) is 0 Å². The van der Waals surface area contributed by atoms with Crippen LogP contribution in [0.3, 0.4) is 0 Å². The molecule has 0 N–H and O–H groups in total. The highest BCUT2D eigenvalue weighted by Gasteiger charge is 2.39. The average Bonchev–Trinajstić information content (AvgIpc) is 3.01. The van der Waals surface area contributed by atoms with Gasteiger partial charge in [0.1, 0.15) is 16.9 Å². The largest absolute Gasteiger partial charge is 0.496 e. The van der Waals surface area contributed by atoms with Crippen molar-refractivity contribution in [1.82, 2.24) is 9.80 Å². The quantitative estimate of drug-likeness (QED) is 0.655. The summed E-state index contributed by atoms with van der Waals surface area (Å²) in [5, 5.41) is -0.353. The van der Waals surface area contributed by atoms with Crippen molar-refractivity contribution < 1.29 is 18.7 Å². The van der Waals surface area contributed by atoms with Gasteiger partial charge in [-0.3, -0.25) is 9.59 Å². The minimum absolute atomic E-state index is 0.0396. The highest BCUT2D eigenvalue weighted by atomic mass is 32.2. The second-order valence-electron chi connectivity index (χ2n) is 7.51. The summed E-state index contributed by atoms with van der Waals surface area (Å²) < 4.78 is 19.1. The van der Waals surface area contributed by atoms with Gasteiger partial charge in [-0.05, 0) is 45.0 Å². The third-order valence-corrected chi connectivity index (χ3v) is 6.57. The van der Waals surface area contributed by atoms with E-state index in [2.05, 4.69) is 0 Å². The summed E-state index contributed by atoms with van der Waals surface area (Å²) in [6.45, 7) is 6.47. The van der Waals surface area contributed by atoms with Gasteiger partial charge in [-0.15, -0.1) is 11.8 Å². The Balaban J connectivity index is 1.81. The molecule has 1 fully saturated rings. The van der Waals surface area contributed by atoms with E-state index in [-0.39, 0.29) is 28.5 Å². The van der Waals surface area contributed by atoms with E-state index in [9.17, 15) is 14.0 Å². The van der Waals surface area contributed by atoms with Gasteiger partial charge in [-0.25, -0.2) is 4.39 Å². The van der Waals surface area contributed by atoms with Crippen molar-refractivity contribution in [2.24, 2.45) is 0 Å². The first kappa shape index (κ1) is 22.2. The molecule has 1 heterocycles. The third kappa shape index (κ3) is 4.61. The lowest BCUT2D eigenvalue weighted by atomic mass is 10.1. The van der Waals surface area contributed by atoms with Gasteiger partial charge < -0.3 is 14.5 Å². The van der Waals surface area contributed by atoms with Gasteiger partial charge in [0.2, 0.25) is 5.91 Å². The molecule has 2 amide bonds. The normalized spacial score (nSPS) is 18.7. The summed E-state index contributed by atoms with van der Waals surface area (Å²) in [5.74, 6) is 0.0858. The zero-order chi connectivity index (χ0) is 21.8. The molecule has 30 heavy (non-hydrogen) atoms. The minimum Gasteiger partial charge on any atom is -0.496 e. The number of nitrogens with zero attached hydrogens (tertiary/aromatic N) is 2. The highest BCUT2D eigenvalue weighted by Crippen LogP contribution is 2.45. The number of methoxy groups -OCH3 is 1. The van der Waals surface area contributed by atoms with E-state index in [1.54, 1.807) is 34.7 Å². The molecule has 2 unspecified atom stereocenters. The Morgan fingerprint density at radius 3 is 2.63 bits per heavy atom. The molecule has 0 aromatic heterocycles. The monoisotopic (exact) mass is 430 g/mol. The summed E-state index contributed by atoms with van der Waals surface area (Å²) in [4.78, 5) is 29.3. The Hall–Kier alpha value is -2.54. The predicted molar refractivity (Wildman–Crippen MR) is 117 cm³/mol. The van der Waals surface area contributed by atoms with Crippen LogP contribution in [0.25, 0.3) is 0 Å². The molecule has 1 aliphatic heterocycles. The smallest absolute Gasteiger partial charge is 0.254 e. The molecule has 0 spiro atoms. The third-order valence-electron chi connectivity index (χ3n) is 5.19. The number of hydrogen-bond donors (Lipinski definition) is 0. The van der Waals surface area contributed by atoms with Gasteiger partial charge in [-0.1, -0.05) is 24.3 Å². The number of rotatable bonds is 7. The SMILES string of the molecule is COc1ccccc1C1SC(C)C(=O)N1CCN(C(=O)c1cccc(F)c1)C(C)C. The zero-order valence-corrected chi connectivity index (χ0v) is 18.5. The van der Waals surface area contributed by atoms with E-state index >= 15 is 0 Å². The van der Waals surface area contributed by atoms with Gasteiger partial charge in [-0.2, -0.15) is 0 Å². The molecule has 160 valence electrons. The van der Waals surface area contributed by atoms with Crippen molar-refractivity contribution >= 4 is 23.6 Å². The Morgan fingerprint density at radius 2 is 1.97 bits per heavy atom. The van der Waals surface area contributed by atoms with Crippen LogP contribution in [0.2, 0.25) is 0 Å². The van der Waals surface area contributed by atoms with E-state index in [1.165, 1.54) is 18.2 Å². The summed E-state index contributed by atoms with van der Waals surface area (Å²) in [5.41, 5.74) is 1.25. The van der Waals surface area contributed by atoms with Gasteiger partial charge in [0.25, 0.3) is 5.91 Å². The van der Waals surface area contributed by atoms with Crippen LogP contribution in [0.4, 0.5) is 4.39 Å². The standard InChI is InChI=1S/C23H27FN2O3S/c1-15(2)25(22(28)17-8-7-9-18(24)14-17)12-13-26-21(27)16(3)30-23(26)19-10-5-6-11-20(19)29-4/h5-11,14-16,23H,12-13H2,1-4H3. The molecule has 2 aromatic carbocycles. The highest BCUT2D eigenvalue weighted by molar-refractivity contribution is 8.01. The summed E-state index contributed by atoms with van der Waals surface area (Å²) >= 11 is 1.57. The molecule has 0 bridgehead atoms. The van der Waals surface area contributed by atoms with Crippen molar-refractivity contribution in [2.45, 2.75) is 37.4 Å². The Bertz CT molecular complexity index is 921. The van der Waals surface area contributed by atoms with Crippen LogP contribution in [0.5, 0.6) is 5.75 Å². The summed E-state index contributed by atoms with van der Waals surface area (Å²) in [6, 6.07) is 13.3. The number of halogens is 1. The topological polar surface area (TPSA) is 49.9 Å². The maximum atomic E-state index is 13.6. The van der Waals surface area contributed by atoms with E-state index in [4.69, 9.17) is 4.74 Å². The van der Waals surface area contributed by atoms with Crippen molar-refractivity contribution in [3.05, 3.63) is 65.5 Å². The molecule has 0 aliphatic carbocycles. The van der Waals surface area contributed by atoms with Crippen LogP contribution < -0.4 is 4.74 Å².